The van der Waals surface area contributed by atoms with Gasteiger partial charge in [0.2, 0.25) is 0 Å². The summed E-state index contributed by atoms with van der Waals surface area (Å²) in [7, 11) is 0. The molecule has 3 atom stereocenters. The van der Waals surface area contributed by atoms with E-state index in [1.807, 2.05) is 11.8 Å². The van der Waals surface area contributed by atoms with E-state index in [0.29, 0.717) is 78.0 Å². The number of aromatic nitrogens is 2. The van der Waals surface area contributed by atoms with Crippen molar-refractivity contribution >= 4 is 28.2 Å². The van der Waals surface area contributed by atoms with Crippen LogP contribution < -0.4 is 14.5 Å². The minimum Gasteiger partial charge on any atom is -0.508 e. The molecule has 0 saturated carbocycles. The van der Waals surface area contributed by atoms with E-state index in [0.717, 1.165) is 19.4 Å². The third kappa shape index (κ3) is 4.23. The standard InChI is InChI=1S/C31H32F2N6O3/c1-2-22-23(33)5-4-19-10-21(40)11-25(26(19)22)39-16-24-27(29(39)41)28(37-9-6-18(13-34)14-37)36-30(35-24)42-17-31-7-3-8-38(31)15-20(32)12-31/h4-5,10-11,18,20,40H,2-3,6-9,12,14-17H2,1H3/t18?,20-,31+/m1/s1. The summed E-state index contributed by atoms with van der Waals surface area (Å²) in [5, 5.41) is 21.3. The van der Waals surface area contributed by atoms with E-state index in [2.05, 4.69) is 16.0 Å². The van der Waals surface area contributed by atoms with Gasteiger partial charge in [-0.15, -0.1) is 0 Å². The average molecular weight is 575 g/mol. The zero-order chi connectivity index (χ0) is 29.2. The number of hydrogen-bond donors (Lipinski definition) is 1. The lowest BCUT2D eigenvalue weighted by molar-refractivity contribution is 0.0996. The van der Waals surface area contributed by atoms with Crippen LogP contribution in [0.4, 0.5) is 20.3 Å². The van der Waals surface area contributed by atoms with Crippen LogP contribution in [0, 0.1) is 23.1 Å². The molecule has 0 bridgehead atoms. The first-order valence-electron chi connectivity index (χ1n) is 14.6. The molecule has 3 fully saturated rings. The number of aryl methyl sites for hydroxylation is 1. The van der Waals surface area contributed by atoms with Crippen LogP contribution in [0.2, 0.25) is 0 Å². The van der Waals surface area contributed by atoms with Crippen molar-refractivity contribution in [2.75, 3.05) is 42.6 Å². The van der Waals surface area contributed by atoms with E-state index in [-0.39, 0.29) is 48.1 Å². The van der Waals surface area contributed by atoms with E-state index < -0.39 is 6.17 Å². The average Bonchev–Trinajstić information content (AvgIpc) is 3.74. The van der Waals surface area contributed by atoms with Crippen molar-refractivity contribution in [3.8, 4) is 17.8 Å². The fourth-order valence-corrected chi connectivity index (χ4v) is 7.39. The number of aromatic hydroxyl groups is 1. The van der Waals surface area contributed by atoms with Gasteiger partial charge in [0.25, 0.3) is 5.91 Å². The monoisotopic (exact) mass is 574 g/mol. The van der Waals surface area contributed by atoms with E-state index in [1.54, 1.807) is 12.1 Å². The summed E-state index contributed by atoms with van der Waals surface area (Å²) in [5.74, 6) is -0.558. The number of fused-ring (bicyclic) bond motifs is 3. The molecule has 42 heavy (non-hydrogen) atoms. The van der Waals surface area contributed by atoms with Crippen molar-refractivity contribution in [3.05, 3.63) is 46.9 Å². The molecule has 1 aromatic heterocycles. The third-order valence-electron chi connectivity index (χ3n) is 9.39. The molecule has 3 saturated heterocycles. The number of ether oxygens (including phenoxy) is 1. The van der Waals surface area contributed by atoms with Crippen molar-refractivity contribution in [2.45, 2.75) is 57.3 Å². The Bertz CT molecular complexity index is 1640. The first-order chi connectivity index (χ1) is 20.3. The molecule has 1 N–H and O–H groups in total. The van der Waals surface area contributed by atoms with Gasteiger partial charge in [-0.2, -0.15) is 15.2 Å². The van der Waals surface area contributed by atoms with E-state index >= 15 is 0 Å². The molecule has 9 nitrogen and oxygen atoms in total. The zero-order valence-corrected chi connectivity index (χ0v) is 23.4. The number of nitrogens with zero attached hydrogens (tertiary/aromatic N) is 6. The van der Waals surface area contributed by atoms with Gasteiger partial charge in [-0.05, 0) is 55.3 Å². The van der Waals surface area contributed by atoms with E-state index in [9.17, 15) is 23.9 Å². The minimum absolute atomic E-state index is 0.0373. The molecular formula is C31H32F2N6O3. The second-order valence-corrected chi connectivity index (χ2v) is 11.9. The Morgan fingerprint density at radius 1 is 1.24 bits per heavy atom. The van der Waals surface area contributed by atoms with Crippen LogP contribution in [0.3, 0.4) is 0 Å². The summed E-state index contributed by atoms with van der Waals surface area (Å²) >= 11 is 0. The lowest BCUT2D eigenvalue weighted by atomic mass is 9.95. The Hall–Kier alpha value is -4.04. The Labute approximate surface area is 242 Å². The smallest absolute Gasteiger partial charge is 0.318 e. The van der Waals surface area contributed by atoms with Crippen LogP contribution in [0.1, 0.15) is 54.2 Å². The third-order valence-corrected chi connectivity index (χ3v) is 9.39. The van der Waals surface area contributed by atoms with Crippen LogP contribution in [0.25, 0.3) is 10.8 Å². The highest BCUT2D eigenvalue weighted by Crippen LogP contribution is 2.43. The summed E-state index contributed by atoms with van der Waals surface area (Å²) in [6.07, 6.45) is 2.40. The predicted molar refractivity (Wildman–Crippen MR) is 152 cm³/mol. The maximum Gasteiger partial charge on any atom is 0.318 e. The number of anilines is 2. The van der Waals surface area contributed by atoms with Gasteiger partial charge in [-0.3, -0.25) is 9.69 Å². The van der Waals surface area contributed by atoms with Crippen molar-refractivity contribution < 1.29 is 23.4 Å². The number of carbonyl (C=O) groups excluding carboxylic acids is 1. The highest BCUT2D eigenvalue weighted by Gasteiger charge is 2.49. The number of halogens is 2. The molecule has 218 valence electrons. The zero-order valence-electron chi connectivity index (χ0n) is 23.4. The van der Waals surface area contributed by atoms with Gasteiger partial charge in [0.05, 0.1) is 35.5 Å². The van der Waals surface area contributed by atoms with Gasteiger partial charge < -0.3 is 19.6 Å². The maximum atomic E-state index is 14.9. The predicted octanol–water partition coefficient (Wildman–Crippen LogP) is 4.50. The number of amides is 1. The molecule has 7 rings (SSSR count). The number of carbonyl (C=O) groups is 1. The number of benzene rings is 2. The van der Waals surface area contributed by atoms with Crippen molar-refractivity contribution in [3.63, 3.8) is 0 Å². The number of alkyl halides is 1. The summed E-state index contributed by atoms with van der Waals surface area (Å²) in [6.45, 7) is 4.40. The van der Waals surface area contributed by atoms with E-state index in [1.165, 1.54) is 17.0 Å². The van der Waals surface area contributed by atoms with Gasteiger partial charge in [-0.25, -0.2) is 8.78 Å². The van der Waals surface area contributed by atoms with Crippen LogP contribution in [-0.4, -0.2) is 70.4 Å². The normalized spacial score (nSPS) is 25.3. The van der Waals surface area contributed by atoms with Gasteiger partial charge in [0.1, 0.15) is 35.7 Å². The fourth-order valence-electron chi connectivity index (χ4n) is 7.39. The summed E-state index contributed by atoms with van der Waals surface area (Å²) in [6, 6.07) is 8.44. The van der Waals surface area contributed by atoms with Gasteiger partial charge in [0, 0.05) is 37.5 Å². The van der Waals surface area contributed by atoms with Gasteiger partial charge in [0.15, 0.2) is 0 Å². The van der Waals surface area contributed by atoms with Crippen LogP contribution in [0.15, 0.2) is 24.3 Å². The SMILES string of the molecule is CCc1c(F)ccc2cc(O)cc(N3Cc4nc(OC[C@@]56CCCN5C[C@H](F)C6)nc(N5CCC(C#N)C5)c4C3=O)c12. The van der Waals surface area contributed by atoms with Crippen molar-refractivity contribution in [1.82, 2.24) is 14.9 Å². The summed E-state index contributed by atoms with van der Waals surface area (Å²) in [4.78, 5) is 29.1. The highest BCUT2D eigenvalue weighted by molar-refractivity contribution is 6.16. The van der Waals surface area contributed by atoms with E-state index in [4.69, 9.17) is 9.72 Å². The van der Waals surface area contributed by atoms with Gasteiger partial charge in [-0.1, -0.05) is 13.0 Å². The Kier molecular flexibility index (Phi) is 6.42. The van der Waals surface area contributed by atoms with Crippen LogP contribution >= 0.6 is 0 Å². The second-order valence-electron chi connectivity index (χ2n) is 11.9. The second kappa shape index (κ2) is 10.1. The molecule has 1 amide bonds. The first kappa shape index (κ1) is 26.8. The largest absolute Gasteiger partial charge is 0.508 e. The van der Waals surface area contributed by atoms with Crippen LogP contribution in [0.5, 0.6) is 11.8 Å². The molecular weight excluding hydrogens is 542 g/mol. The molecule has 1 unspecified atom stereocenters. The lowest BCUT2D eigenvalue weighted by Crippen LogP contribution is -2.43. The molecule has 4 aliphatic rings. The Morgan fingerprint density at radius 3 is 2.88 bits per heavy atom. The molecule has 5 heterocycles. The van der Waals surface area contributed by atoms with Gasteiger partial charge >= 0.3 is 6.01 Å². The minimum atomic E-state index is -0.890. The molecule has 11 heteroatoms. The number of rotatable bonds is 6. The number of nitriles is 1. The summed E-state index contributed by atoms with van der Waals surface area (Å²) < 4.78 is 35.5. The fraction of sp³-hybridized carbons (Fsp3) is 0.484. The highest BCUT2D eigenvalue weighted by atomic mass is 19.1. The lowest BCUT2D eigenvalue weighted by Gasteiger charge is -2.31. The van der Waals surface area contributed by atoms with Crippen molar-refractivity contribution in [2.24, 2.45) is 5.92 Å². The quantitative estimate of drug-likeness (QED) is 0.459. The molecule has 4 aliphatic heterocycles. The maximum absolute atomic E-state index is 14.9. The number of phenols is 1. The van der Waals surface area contributed by atoms with Crippen LogP contribution in [-0.2, 0) is 13.0 Å². The molecule has 0 aliphatic carbocycles. The topological polar surface area (TPSA) is 106 Å². The van der Waals surface area contributed by atoms with Crippen molar-refractivity contribution in [1.29, 1.82) is 5.26 Å². The Balaban J connectivity index is 1.29. The molecule has 2 aromatic carbocycles. The first-order valence-corrected chi connectivity index (χ1v) is 14.6. The Morgan fingerprint density at radius 2 is 2.10 bits per heavy atom. The summed E-state index contributed by atoms with van der Waals surface area (Å²) in [5.41, 5.74) is 1.25. The number of hydrogen-bond acceptors (Lipinski definition) is 8. The molecule has 3 aromatic rings. The molecule has 0 radical (unpaired) electrons. The number of phenolic OH excluding ortho intramolecular Hbond substituents is 1. The molecule has 0 spiro atoms.